The summed E-state index contributed by atoms with van der Waals surface area (Å²) in [6.07, 6.45) is -26.4. The summed E-state index contributed by atoms with van der Waals surface area (Å²) in [5, 5.41) is 161. The maximum atomic E-state index is 14.8. The Labute approximate surface area is 453 Å². The van der Waals surface area contributed by atoms with Crippen molar-refractivity contribution in [3.8, 4) is 0 Å². The SMILES string of the molecule is CC1(C)CC[C@]2(C(=O)O[C@@H]3O[C@H](CO)[C@@H](O)[C@H](O)[C@H]3O)CC[C@]3(C)C(=CC[C@@H]4[C@@]5(C)CC[C@H](O[C@@H]6O[C@H](CO)[C@@H](O[C@@H]7O[C@H](CO)[C@@H](O)[C@H](O)[C@H]7O)[C@H](O)[C@H]6O[C@@H]6O[C@H](CO)[C@@H](O)[C@H](O)[C@H]6O)[C@@](C)(CO)[C@@H]5CC[C@]43C)[C@@H]2C1. The molecule has 0 spiro atoms. The molecule has 0 amide bonds. The molecule has 24 nitrogen and oxygen atoms in total. The largest absolute Gasteiger partial charge is 0.432 e. The van der Waals surface area contributed by atoms with Crippen molar-refractivity contribution >= 4 is 5.97 Å². The van der Waals surface area contributed by atoms with Crippen molar-refractivity contribution in [1.82, 2.24) is 0 Å². The van der Waals surface area contributed by atoms with E-state index in [1.165, 1.54) is 5.57 Å². The average Bonchev–Trinajstić information content (AvgIpc) is 3.60. The number of ether oxygens (including phenoxy) is 8. The molecule has 0 unspecified atom stereocenters. The molecule has 9 rings (SSSR count). The smallest absolute Gasteiger partial charge is 0.315 e. The van der Waals surface area contributed by atoms with Gasteiger partial charge in [0.05, 0.1) is 44.6 Å². The van der Waals surface area contributed by atoms with Crippen LogP contribution in [-0.2, 0) is 42.7 Å². The Balaban J connectivity index is 0.990. The Morgan fingerprint density at radius 3 is 1.56 bits per heavy atom. The van der Waals surface area contributed by atoms with Crippen LogP contribution >= 0.6 is 0 Å². The Morgan fingerprint density at radius 1 is 0.526 bits per heavy atom. The molecule has 0 bridgehead atoms. The predicted molar refractivity (Wildman–Crippen MR) is 264 cm³/mol. The molecule has 29 atom stereocenters. The quantitative estimate of drug-likeness (QED) is 0.0494. The first-order valence-corrected chi connectivity index (χ1v) is 28.0. The van der Waals surface area contributed by atoms with Crippen LogP contribution in [0.5, 0.6) is 0 Å². The number of rotatable bonds is 13. The Hall–Kier alpha value is -1.67. The fourth-order valence-electron chi connectivity index (χ4n) is 16.5. The molecule has 5 aliphatic carbocycles. The highest BCUT2D eigenvalue weighted by molar-refractivity contribution is 5.79. The number of aliphatic hydroxyl groups excluding tert-OH is 15. The summed E-state index contributed by atoms with van der Waals surface area (Å²) < 4.78 is 48.3. The van der Waals surface area contributed by atoms with Crippen LogP contribution in [0.15, 0.2) is 11.6 Å². The minimum atomic E-state index is -1.95. The molecule has 0 radical (unpaired) electrons. The van der Waals surface area contributed by atoms with Crippen LogP contribution in [-0.4, -0.2) is 245 Å². The minimum absolute atomic E-state index is 0.0728. The van der Waals surface area contributed by atoms with E-state index in [1.807, 2.05) is 6.92 Å². The van der Waals surface area contributed by atoms with Crippen LogP contribution < -0.4 is 0 Å². The van der Waals surface area contributed by atoms with Gasteiger partial charge in [-0.15, -0.1) is 0 Å². The fraction of sp³-hybridized carbons (Fsp3) is 0.944. The molecule has 448 valence electrons. The molecule has 9 aliphatic rings. The van der Waals surface area contributed by atoms with Crippen molar-refractivity contribution in [2.45, 2.75) is 235 Å². The van der Waals surface area contributed by atoms with Crippen molar-refractivity contribution < 1.29 is 119 Å². The third kappa shape index (κ3) is 9.76. The van der Waals surface area contributed by atoms with E-state index in [9.17, 15) is 81.4 Å². The van der Waals surface area contributed by atoms with E-state index in [2.05, 4.69) is 40.7 Å². The van der Waals surface area contributed by atoms with E-state index in [-0.39, 0.29) is 35.2 Å². The Morgan fingerprint density at radius 2 is 1.03 bits per heavy atom. The minimum Gasteiger partial charge on any atom is -0.432 e. The van der Waals surface area contributed by atoms with Crippen molar-refractivity contribution in [1.29, 1.82) is 0 Å². The van der Waals surface area contributed by atoms with E-state index >= 15 is 0 Å². The number of hydrogen-bond acceptors (Lipinski definition) is 24. The van der Waals surface area contributed by atoms with Gasteiger partial charge in [-0.1, -0.05) is 53.2 Å². The van der Waals surface area contributed by atoms with Gasteiger partial charge in [0.25, 0.3) is 0 Å². The lowest BCUT2D eigenvalue weighted by atomic mass is 9.33. The van der Waals surface area contributed by atoms with Crippen molar-refractivity contribution in [2.75, 3.05) is 33.0 Å². The molecule has 4 saturated heterocycles. The normalized spacial score (nSPS) is 54.1. The summed E-state index contributed by atoms with van der Waals surface area (Å²) in [4.78, 5) is 14.8. The van der Waals surface area contributed by atoms with Crippen LogP contribution in [0.1, 0.15) is 106 Å². The summed E-state index contributed by atoms with van der Waals surface area (Å²) in [5.41, 5.74) is -2.03. The number of esters is 1. The second kappa shape index (κ2) is 22.4. The van der Waals surface area contributed by atoms with Crippen LogP contribution in [0.25, 0.3) is 0 Å². The highest BCUT2D eigenvalue weighted by atomic mass is 16.8. The zero-order chi connectivity index (χ0) is 57.0. The monoisotopic (exact) mass is 1120 g/mol. The molecule has 0 aromatic heterocycles. The van der Waals surface area contributed by atoms with Crippen LogP contribution in [0.2, 0.25) is 0 Å². The van der Waals surface area contributed by atoms with E-state index in [0.29, 0.717) is 51.4 Å². The van der Waals surface area contributed by atoms with Gasteiger partial charge in [0.15, 0.2) is 18.9 Å². The second-order valence-electron chi connectivity index (χ2n) is 26.1. The van der Waals surface area contributed by atoms with Gasteiger partial charge in [-0.3, -0.25) is 4.79 Å². The zero-order valence-corrected chi connectivity index (χ0v) is 45.4. The lowest BCUT2D eigenvalue weighted by Gasteiger charge is -2.71. The number of carbonyl (C=O) groups excluding carboxylic acids is 1. The van der Waals surface area contributed by atoms with Crippen LogP contribution in [0.4, 0.5) is 0 Å². The van der Waals surface area contributed by atoms with E-state index in [4.69, 9.17) is 37.9 Å². The molecule has 0 aromatic carbocycles. The first kappa shape index (κ1) is 60.9. The van der Waals surface area contributed by atoms with E-state index in [1.54, 1.807) is 0 Å². The van der Waals surface area contributed by atoms with Gasteiger partial charge in [0.2, 0.25) is 6.29 Å². The van der Waals surface area contributed by atoms with Gasteiger partial charge in [-0.05, 0) is 104 Å². The standard InChI is InChI=1S/C54H88O24/c1-49(2)13-15-54(48(70)78-46-40(68)37(65)34(62)27(20-57)73-46)16-14-52(5)23(24(54)17-49)7-8-30-50(3)11-10-31(51(4,22-59)29(50)9-12-53(30,52)6)75-47-43(77-45-39(67)36(64)33(61)26(19-56)72-45)41(69)42(28(21-58)74-47)76-44-38(66)35(63)32(60)25(18-55)71-44/h7,24-47,55-69H,8-22H2,1-6H3/t24-,25+,26+,27+,28+,29+,30+,31-,32+,33+,34+,35-,36-,37-,38+,39+,40+,41-,42+,43+,44-,45-,46-,47-,50-,51-,52+,53+,54-/m0/s1. The van der Waals surface area contributed by atoms with Crippen molar-refractivity contribution in [3.05, 3.63) is 11.6 Å². The molecule has 0 aromatic rings. The summed E-state index contributed by atoms with van der Waals surface area (Å²) in [5.74, 6) is -0.887. The van der Waals surface area contributed by atoms with Crippen molar-refractivity contribution in [3.63, 3.8) is 0 Å². The summed E-state index contributed by atoms with van der Waals surface area (Å²) in [6.45, 7) is 9.83. The summed E-state index contributed by atoms with van der Waals surface area (Å²) >= 11 is 0. The first-order chi connectivity index (χ1) is 36.6. The number of carbonyl (C=O) groups is 1. The lowest BCUT2D eigenvalue weighted by Crippen LogP contribution is -2.68. The van der Waals surface area contributed by atoms with E-state index in [0.717, 1.165) is 12.8 Å². The number of hydrogen-bond donors (Lipinski definition) is 15. The first-order valence-electron chi connectivity index (χ1n) is 28.0. The van der Waals surface area contributed by atoms with Gasteiger partial charge in [0, 0.05) is 5.41 Å². The summed E-state index contributed by atoms with van der Waals surface area (Å²) in [7, 11) is 0. The molecule has 24 heteroatoms. The number of allylic oxidation sites excluding steroid dienone is 2. The number of fused-ring (bicyclic) bond motifs is 7. The third-order valence-electron chi connectivity index (χ3n) is 21.6. The molecule has 4 saturated carbocycles. The van der Waals surface area contributed by atoms with E-state index < -0.39 is 183 Å². The maximum Gasteiger partial charge on any atom is 0.315 e. The van der Waals surface area contributed by atoms with Gasteiger partial charge in [-0.25, -0.2) is 0 Å². The molecule has 8 fully saturated rings. The Bertz CT molecular complexity index is 2130. The lowest BCUT2D eigenvalue weighted by molar-refractivity contribution is -0.396. The molecule has 15 N–H and O–H groups in total. The second-order valence-corrected chi connectivity index (χ2v) is 26.1. The van der Waals surface area contributed by atoms with Crippen molar-refractivity contribution in [2.24, 2.45) is 50.2 Å². The van der Waals surface area contributed by atoms with Crippen LogP contribution in [0.3, 0.4) is 0 Å². The molecular formula is C54H88O24. The number of aliphatic hydroxyl groups is 15. The maximum absolute atomic E-state index is 14.8. The Kier molecular flexibility index (Phi) is 17.5. The predicted octanol–water partition coefficient (Wildman–Crippen LogP) is -3.06. The zero-order valence-electron chi connectivity index (χ0n) is 45.4. The molecule has 4 heterocycles. The van der Waals surface area contributed by atoms with Crippen LogP contribution in [0, 0.1) is 50.2 Å². The molecular weight excluding hydrogens is 1030 g/mol. The molecule has 4 aliphatic heterocycles. The highest BCUT2D eigenvalue weighted by Gasteiger charge is 2.71. The van der Waals surface area contributed by atoms with Gasteiger partial charge < -0.3 is 114 Å². The third-order valence-corrected chi connectivity index (χ3v) is 21.6. The fourth-order valence-corrected chi connectivity index (χ4v) is 16.5. The van der Waals surface area contributed by atoms with Gasteiger partial charge in [-0.2, -0.15) is 0 Å². The summed E-state index contributed by atoms with van der Waals surface area (Å²) in [6, 6.07) is 0. The topological polar surface area (TPSA) is 394 Å². The average molecular weight is 1120 g/mol. The van der Waals surface area contributed by atoms with Gasteiger partial charge >= 0.3 is 5.97 Å². The van der Waals surface area contributed by atoms with Gasteiger partial charge in [0.1, 0.15) is 97.7 Å². The highest BCUT2D eigenvalue weighted by Crippen LogP contribution is 2.76. The molecule has 78 heavy (non-hydrogen) atoms.